The van der Waals surface area contributed by atoms with Gasteiger partial charge in [-0.25, -0.2) is 4.39 Å². The van der Waals surface area contributed by atoms with Crippen LogP contribution in [-0.4, -0.2) is 16.8 Å². The van der Waals surface area contributed by atoms with Gasteiger partial charge in [-0.1, -0.05) is 0 Å². The molecular formula is C15H12BrFN2O2. The van der Waals surface area contributed by atoms with Crippen LogP contribution in [0.25, 0.3) is 10.9 Å². The van der Waals surface area contributed by atoms with E-state index < -0.39 is 11.7 Å². The summed E-state index contributed by atoms with van der Waals surface area (Å²) in [4.78, 5) is 27.6. The van der Waals surface area contributed by atoms with E-state index in [1.807, 2.05) is 0 Å². The summed E-state index contributed by atoms with van der Waals surface area (Å²) in [6, 6.07) is 5.00. The summed E-state index contributed by atoms with van der Waals surface area (Å²) in [5, 5.41) is 2.69. The Hall–Kier alpha value is -1.82. The van der Waals surface area contributed by atoms with Crippen molar-refractivity contribution in [2.75, 3.05) is 0 Å². The zero-order valence-corrected chi connectivity index (χ0v) is 12.8. The number of halogens is 2. The maximum absolute atomic E-state index is 14.2. The first-order valence-electron chi connectivity index (χ1n) is 6.56. The molecule has 2 amide bonds. The molecule has 2 heterocycles. The molecule has 0 aliphatic carbocycles. The first-order chi connectivity index (χ1) is 9.97. The third-order valence-corrected chi connectivity index (χ3v) is 4.34. The predicted molar refractivity (Wildman–Crippen MR) is 79.3 cm³/mol. The lowest BCUT2D eigenvalue weighted by Crippen LogP contribution is -2.39. The molecule has 1 aliphatic heterocycles. The average Bonchev–Trinajstić information content (AvgIpc) is 2.43. The number of hydrogen-bond acceptors (Lipinski definition) is 3. The van der Waals surface area contributed by atoms with Crippen LogP contribution in [0.1, 0.15) is 30.0 Å². The number of carbonyl (C=O) groups is 2. The van der Waals surface area contributed by atoms with E-state index in [0.717, 1.165) is 0 Å². The number of fused-ring (bicyclic) bond motifs is 1. The van der Waals surface area contributed by atoms with E-state index in [1.165, 1.54) is 0 Å². The average molecular weight is 351 g/mol. The minimum Gasteiger partial charge on any atom is -0.296 e. The lowest BCUT2D eigenvalue weighted by atomic mass is 9.89. The molecule has 1 saturated heterocycles. The minimum absolute atomic E-state index is 0.267. The molecule has 2 aromatic rings. The number of nitrogens with zero attached hydrogens (tertiary/aromatic N) is 1. The third kappa shape index (κ3) is 2.44. The van der Waals surface area contributed by atoms with Crippen LogP contribution < -0.4 is 5.32 Å². The Morgan fingerprint density at radius 1 is 1.38 bits per heavy atom. The molecule has 0 radical (unpaired) electrons. The van der Waals surface area contributed by atoms with Gasteiger partial charge in [0.2, 0.25) is 11.8 Å². The molecule has 1 aliphatic rings. The van der Waals surface area contributed by atoms with Crippen LogP contribution in [0.4, 0.5) is 4.39 Å². The molecular weight excluding hydrogens is 339 g/mol. The van der Waals surface area contributed by atoms with Crippen molar-refractivity contribution in [1.82, 2.24) is 10.3 Å². The third-order valence-electron chi connectivity index (χ3n) is 3.73. The summed E-state index contributed by atoms with van der Waals surface area (Å²) in [5.74, 6) is -1.46. The zero-order chi connectivity index (χ0) is 15.1. The number of pyridine rings is 1. The first kappa shape index (κ1) is 14.1. The van der Waals surface area contributed by atoms with Crippen LogP contribution in [0.15, 0.2) is 22.7 Å². The fourth-order valence-corrected chi connectivity index (χ4v) is 2.98. The molecule has 0 saturated carbocycles. The van der Waals surface area contributed by atoms with Crippen molar-refractivity contribution in [3.63, 3.8) is 0 Å². The lowest BCUT2D eigenvalue weighted by Gasteiger charge is -2.22. The van der Waals surface area contributed by atoms with Gasteiger partial charge in [0.25, 0.3) is 0 Å². The summed E-state index contributed by atoms with van der Waals surface area (Å²) in [6.07, 6.45) is 0.711. The molecule has 3 rings (SSSR count). The molecule has 1 fully saturated rings. The Balaban J connectivity index is 2.14. The van der Waals surface area contributed by atoms with Crippen LogP contribution >= 0.6 is 15.9 Å². The highest BCUT2D eigenvalue weighted by Gasteiger charge is 2.29. The molecule has 6 heteroatoms. The Kier molecular flexibility index (Phi) is 3.49. The van der Waals surface area contributed by atoms with E-state index in [1.54, 1.807) is 25.1 Å². The molecule has 21 heavy (non-hydrogen) atoms. The number of amides is 2. The predicted octanol–water partition coefficient (Wildman–Crippen LogP) is 2.97. The molecule has 0 spiro atoms. The van der Waals surface area contributed by atoms with E-state index >= 15 is 0 Å². The number of hydrogen-bond donors (Lipinski definition) is 1. The molecule has 0 bridgehead atoms. The van der Waals surface area contributed by atoms with Crippen molar-refractivity contribution in [3.8, 4) is 0 Å². The summed E-state index contributed by atoms with van der Waals surface area (Å²) in [6.45, 7) is 1.79. The van der Waals surface area contributed by atoms with E-state index in [4.69, 9.17) is 0 Å². The normalized spacial score (nSPS) is 18.9. The molecule has 4 nitrogen and oxygen atoms in total. The van der Waals surface area contributed by atoms with Gasteiger partial charge in [0.05, 0.1) is 15.9 Å². The molecule has 1 aromatic heterocycles. The number of carbonyl (C=O) groups excluding carboxylic acids is 2. The van der Waals surface area contributed by atoms with Gasteiger partial charge in [0.1, 0.15) is 5.82 Å². The monoisotopic (exact) mass is 350 g/mol. The van der Waals surface area contributed by atoms with Crippen LogP contribution in [0.3, 0.4) is 0 Å². The van der Waals surface area contributed by atoms with Gasteiger partial charge in [-0.05, 0) is 53.0 Å². The second-order valence-electron chi connectivity index (χ2n) is 5.09. The maximum atomic E-state index is 14.2. The molecule has 108 valence electrons. The second-order valence-corrected chi connectivity index (χ2v) is 5.95. The number of nitrogens with one attached hydrogen (secondary N) is 1. The fourth-order valence-electron chi connectivity index (χ4n) is 2.64. The van der Waals surface area contributed by atoms with Gasteiger partial charge in [0.15, 0.2) is 0 Å². The van der Waals surface area contributed by atoms with Gasteiger partial charge >= 0.3 is 0 Å². The van der Waals surface area contributed by atoms with Crippen LogP contribution in [0.2, 0.25) is 0 Å². The lowest BCUT2D eigenvalue weighted by molar-refractivity contribution is -0.134. The highest BCUT2D eigenvalue weighted by molar-refractivity contribution is 9.10. The van der Waals surface area contributed by atoms with E-state index in [0.29, 0.717) is 33.1 Å². The van der Waals surface area contributed by atoms with Gasteiger partial charge in [-0.2, -0.15) is 0 Å². The van der Waals surface area contributed by atoms with Crippen molar-refractivity contribution in [2.24, 2.45) is 0 Å². The molecule has 1 atom stereocenters. The summed E-state index contributed by atoms with van der Waals surface area (Å²) >= 11 is 3.15. The van der Waals surface area contributed by atoms with E-state index in [9.17, 15) is 14.0 Å². The van der Waals surface area contributed by atoms with Crippen LogP contribution in [0, 0.1) is 12.7 Å². The number of imide groups is 1. The largest absolute Gasteiger partial charge is 0.296 e. The summed E-state index contributed by atoms with van der Waals surface area (Å²) in [7, 11) is 0. The van der Waals surface area contributed by atoms with Crippen molar-refractivity contribution in [2.45, 2.75) is 25.7 Å². The minimum atomic E-state index is -0.460. The van der Waals surface area contributed by atoms with Crippen LogP contribution in [-0.2, 0) is 9.59 Å². The Morgan fingerprint density at radius 3 is 2.86 bits per heavy atom. The second kappa shape index (κ2) is 5.18. The van der Waals surface area contributed by atoms with Gasteiger partial charge in [-0.15, -0.1) is 0 Å². The number of piperidine rings is 1. The smallest absolute Gasteiger partial charge is 0.234 e. The highest BCUT2D eigenvalue weighted by atomic mass is 79.9. The zero-order valence-electron chi connectivity index (χ0n) is 11.2. The molecule has 1 unspecified atom stereocenters. The Morgan fingerprint density at radius 2 is 2.14 bits per heavy atom. The van der Waals surface area contributed by atoms with Gasteiger partial charge in [-0.3, -0.25) is 19.9 Å². The topological polar surface area (TPSA) is 59.1 Å². The number of aryl methyl sites for hydroxylation is 1. The Labute approximate surface area is 128 Å². The van der Waals surface area contributed by atoms with Gasteiger partial charge in [0, 0.05) is 17.5 Å². The SMILES string of the molecule is Cc1nc2ccc(Br)c(F)c2cc1C1CCC(=O)NC1=O. The van der Waals surface area contributed by atoms with Crippen LogP contribution in [0.5, 0.6) is 0 Å². The van der Waals surface area contributed by atoms with Crippen molar-refractivity contribution < 1.29 is 14.0 Å². The van der Waals surface area contributed by atoms with E-state index in [2.05, 4.69) is 26.2 Å². The first-order valence-corrected chi connectivity index (χ1v) is 7.35. The van der Waals surface area contributed by atoms with Gasteiger partial charge < -0.3 is 0 Å². The highest BCUT2D eigenvalue weighted by Crippen LogP contribution is 2.31. The number of benzene rings is 1. The quantitative estimate of drug-likeness (QED) is 0.804. The number of rotatable bonds is 1. The summed E-state index contributed by atoms with van der Waals surface area (Å²) in [5.41, 5.74) is 1.90. The van der Waals surface area contributed by atoms with Crippen molar-refractivity contribution >= 4 is 38.6 Å². The molecule has 1 aromatic carbocycles. The van der Waals surface area contributed by atoms with E-state index in [-0.39, 0.29) is 18.2 Å². The van der Waals surface area contributed by atoms with Crippen molar-refractivity contribution in [1.29, 1.82) is 0 Å². The van der Waals surface area contributed by atoms with Crippen molar-refractivity contribution in [3.05, 3.63) is 39.7 Å². The summed E-state index contributed by atoms with van der Waals surface area (Å²) < 4.78 is 14.6. The maximum Gasteiger partial charge on any atom is 0.234 e. The Bertz CT molecular complexity index is 776. The standard InChI is InChI=1S/C15H12BrFN2O2/c1-7-9(8-2-5-13(20)19-15(8)21)6-10-12(18-7)4-3-11(16)14(10)17/h3-4,6,8H,2,5H2,1H3,(H,19,20,21). The molecule has 1 N–H and O–H groups in total. The number of aromatic nitrogens is 1. The fraction of sp³-hybridized carbons (Fsp3) is 0.267.